The fourth-order valence-electron chi connectivity index (χ4n) is 6.60. The summed E-state index contributed by atoms with van der Waals surface area (Å²) >= 11 is 4.77. The summed E-state index contributed by atoms with van der Waals surface area (Å²) in [6, 6.07) is 41.0. The standard InChI is InChI=1S/C43H39N3O4S4/c1-3-44-36(52-41(33-22-13-7-14-23-33)39(44)31-18-9-5-10-19-31)27-26-35-43(47)45(4-2)37(51-35)30-38-46(28-17-29-54(48,49)50)40(32-20-11-6-12-21-32)42(53-38)34-24-15-8-16-25-34/h5-16,18-27,30H,3-4,17,28-29H2,1-2H3/p+1. The highest BCUT2D eigenvalue weighted by molar-refractivity contribution is 8.12. The van der Waals surface area contributed by atoms with Crippen molar-refractivity contribution in [3.63, 3.8) is 0 Å². The molecule has 274 valence electrons. The van der Waals surface area contributed by atoms with E-state index in [2.05, 4.69) is 83.1 Å². The van der Waals surface area contributed by atoms with E-state index in [0.29, 0.717) is 17.6 Å². The fourth-order valence-corrected chi connectivity index (χ4v) is 10.7. The highest BCUT2D eigenvalue weighted by atomic mass is 32.2. The van der Waals surface area contributed by atoms with Crippen LogP contribution in [0.2, 0.25) is 0 Å². The van der Waals surface area contributed by atoms with E-state index in [0.717, 1.165) is 59.8 Å². The zero-order valence-electron chi connectivity index (χ0n) is 30.0. The summed E-state index contributed by atoms with van der Waals surface area (Å²) in [6.45, 7) is 5.73. The van der Waals surface area contributed by atoms with Crippen LogP contribution in [0.4, 0.5) is 0 Å². The second-order valence-electron chi connectivity index (χ2n) is 12.6. The molecule has 11 heteroatoms. The summed E-state index contributed by atoms with van der Waals surface area (Å²) in [5.41, 5.74) is 6.37. The molecule has 0 saturated carbocycles. The monoisotopic (exact) mass is 790 g/mol. The predicted molar refractivity (Wildman–Crippen MR) is 226 cm³/mol. The number of hydrogen-bond acceptors (Lipinski definition) is 7. The summed E-state index contributed by atoms with van der Waals surface area (Å²) in [5.74, 6) is -0.351. The molecule has 0 saturated heterocycles. The molecule has 7 nitrogen and oxygen atoms in total. The third-order valence-electron chi connectivity index (χ3n) is 9.06. The molecule has 0 amide bonds. The Labute approximate surface area is 328 Å². The molecule has 0 atom stereocenters. The molecule has 3 heterocycles. The molecule has 6 aromatic rings. The molecule has 1 aliphatic rings. The zero-order valence-corrected chi connectivity index (χ0v) is 33.2. The van der Waals surface area contributed by atoms with Gasteiger partial charge in [-0.25, -0.2) is 0 Å². The molecule has 0 bridgehead atoms. The lowest BCUT2D eigenvalue weighted by molar-refractivity contribution is -0.682. The van der Waals surface area contributed by atoms with Gasteiger partial charge < -0.3 is 4.90 Å². The quantitative estimate of drug-likeness (QED) is 0.100. The van der Waals surface area contributed by atoms with Crippen LogP contribution in [0.1, 0.15) is 36.4 Å². The van der Waals surface area contributed by atoms with Crippen molar-refractivity contribution in [1.29, 1.82) is 0 Å². The van der Waals surface area contributed by atoms with Gasteiger partial charge in [0.15, 0.2) is 6.54 Å². The summed E-state index contributed by atoms with van der Waals surface area (Å²) in [6.07, 6.45) is 6.27. The molecule has 4 aromatic carbocycles. The summed E-state index contributed by atoms with van der Waals surface area (Å²) in [5, 5.41) is 1.93. The van der Waals surface area contributed by atoms with Crippen molar-refractivity contribution < 1.29 is 17.5 Å². The number of thioether (sulfide) groups is 1. The lowest BCUT2D eigenvalue weighted by Crippen LogP contribution is -2.38. The molecular weight excluding hydrogens is 751 g/mol. The van der Waals surface area contributed by atoms with Crippen LogP contribution in [-0.2, 0) is 23.2 Å². The summed E-state index contributed by atoms with van der Waals surface area (Å²) in [7, 11) is -4.14. The topological polar surface area (TPSA) is 83.5 Å². The second kappa shape index (κ2) is 16.7. The van der Waals surface area contributed by atoms with Crippen molar-refractivity contribution in [2.45, 2.75) is 33.4 Å². The Bertz CT molecular complexity index is 2610. The SMILES string of the molecule is CCN1C(=CC=c2s/c(=C\c3sc(-c4ccccc4)c(-c4ccccc4)[n+]3CCCS(=O)(=O)O)n(CC)c2=O)SC(c2ccccc2)=C1c1ccccc1. The molecule has 0 unspecified atom stereocenters. The van der Waals surface area contributed by atoms with E-state index in [1.54, 1.807) is 27.7 Å². The average Bonchev–Trinajstić information content (AvgIpc) is 3.85. The Kier molecular flexibility index (Phi) is 11.6. The number of thiazole rings is 2. The van der Waals surface area contributed by atoms with E-state index in [9.17, 15) is 17.8 Å². The minimum atomic E-state index is -4.14. The smallest absolute Gasteiger partial charge is 0.269 e. The molecule has 7 rings (SSSR count). The van der Waals surface area contributed by atoms with Crippen molar-refractivity contribution in [3.05, 3.63) is 168 Å². The van der Waals surface area contributed by atoms with Gasteiger partial charge in [-0.3, -0.25) is 13.9 Å². The van der Waals surface area contributed by atoms with Crippen LogP contribution < -0.4 is 19.3 Å². The van der Waals surface area contributed by atoms with Crippen LogP contribution in [0, 0.1) is 0 Å². The molecule has 1 aliphatic heterocycles. The first-order valence-corrected chi connectivity index (χ1v) is 21.9. The second-order valence-corrected chi connectivity index (χ2v) is 17.3. The number of rotatable bonds is 12. The van der Waals surface area contributed by atoms with Crippen molar-refractivity contribution in [3.8, 4) is 21.7 Å². The van der Waals surface area contributed by atoms with Gasteiger partial charge in [0, 0.05) is 30.0 Å². The Morgan fingerprint density at radius 1 is 0.722 bits per heavy atom. The number of allylic oxidation sites excluding steroid dienone is 1. The van der Waals surface area contributed by atoms with Gasteiger partial charge in [0.1, 0.15) is 9.54 Å². The minimum Gasteiger partial charge on any atom is -0.335 e. The van der Waals surface area contributed by atoms with Gasteiger partial charge in [-0.05, 0) is 54.8 Å². The van der Waals surface area contributed by atoms with Crippen molar-refractivity contribution in [2.75, 3.05) is 12.3 Å². The fraction of sp³-hybridized carbons (Fsp3) is 0.163. The molecule has 2 aromatic heterocycles. The van der Waals surface area contributed by atoms with Gasteiger partial charge in [0.05, 0.1) is 27.1 Å². The average molecular weight is 791 g/mol. The van der Waals surface area contributed by atoms with Gasteiger partial charge >= 0.3 is 0 Å². The molecular formula is C43H40N3O4S4+. The number of aromatic nitrogens is 2. The van der Waals surface area contributed by atoms with Crippen LogP contribution in [0.15, 0.2) is 137 Å². The van der Waals surface area contributed by atoms with Crippen LogP contribution >= 0.6 is 34.4 Å². The number of hydrogen-bond donors (Lipinski definition) is 1. The minimum absolute atomic E-state index is 0.0581. The first-order valence-electron chi connectivity index (χ1n) is 17.8. The predicted octanol–water partition coefficient (Wildman–Crippen LogP) is 7.94. The van der Waals surface area contributed by atoms with Crippen molar-refractivity contribution >= 4 is 67.3 Å². The highest BCUT2D eigenvalue weighted by Crippen LogP contribution is 2.50. The summed E-state index contributed by atoms with van der Waals surface area (Å²) in [4.78, 5) is 18.5. The number of benzene rings is 4. The van der Waals surface area contributed by atoms with Gasteiger partial charge in [-0.2, -0.15) is 13.0 Å². The third-order valence-corrected chi connectivity index (χ3v) is 13.3. The molecule has 0 radical (unpaired) electrons. The van der Waals surface area contributed by atoms with Crippen LogP contribution in [0.5, 0.6) is 0 Å². The normalized spacial score (nSPS) is 14.9. The Morgan fingerprint density at radius 2 is 1.30 bits per heavy atom. The Balaban J connectivity index is 1.36. The van der Waals surface area contributed by atoms with Crippen LogP contribution in [0.3, 0.4) is 0 Å². The highest BCUT2D eigenvalue weighted by Gasteiger charge is 2.30. The van der Waals surface area contributed by atoms with Gasteiger partial charge in [0.2, 0.25) is 5.69 Å². The first-order chi connectivity index (χ1) is 26.3. The summed E-state index contributed by atoms with van der Waals surface area (Å²) < 4.78 is 38.5. The van der Waals surface area contributed by atoms with Crippen molar-refractivity contribution in [2.24, 2.45) is 0 Å². The molecule has 0 fully saturated rings. The van der Waals surface area contributed by atoms with Gasteiger partial charge in [0.25, 0.3) is 20.7 Å². The maximum Gasteiger partial charge on any atom is 0.269 e. The largest absolute Gasteiger partial charge is 0.335 e. The van der Waals surface area contributed by atoms with E-state index in [-0.39, 0.29) is 17.7 Å². The van der Waals surface area contributed by atoms with E-state index in [4.69, 9.17) is 0 Å². The Morgan fingerprint density at radius 3 is 1.87 bits per heavy atom. The third kappa shape index (κ3) is 8.15. The zero-order chi connectivity index (χ0) is 37.7. The van der Waals surface area contributed by atoms with Crippen LogP contribution in [-0.4, -0.2) is 34.7 Å². The molecule has 0 spiro atoms. The van der Waals surface area contributed by atoms with E-state index < -0.39 is 10.1 Å². The van der Waals surface area contributed by atoms with E-state index >= 15 is 0 Å². The lowest BCUT2D eigenvalue weighted by Gasteiger charge is -2.21. The Hall–Kier alpha value is -4.78. The maximum absolute atomic E-state index is 14.0. The van der Waals surface area contributed by atoms with Crippen LogP contribution in [0.25, 0.3) is 44.5 Å². The lowest BCUT2D eigenvalue weighted by atomic mass is 10.1. The first kappa shape index (κ1) is 37.5. The molecule has 0 aliphatic carbocycles. The molecule has 54 heavy (non-hydrogen) atoms. The maximum atomic E-state index is 14.0. The van der Waals surface area contributed by atoms with Gasteiger partial charge in [-0.15, -0.1) is 11.3 Å². The van der Waals surface area contributed by atoms with E-state index in [1.165, 1.54) is 16.2 Å². The number of nitrogens with zero attached hydrogens (tertiary/aromatic N) is 3. The molecule has 1 N–H and O–H groups in total. The van der Waals surface area contributed by atoms with Gasteiger partial charge in [-0.1, -0.05) is 132 Å². The van der Waals surface area contributed by atoms with E-state index in [1.807, 2.05) is 79.7 Å². The van der Waals surface area contributed by atoms with Crippen molar-refractivity contribution in [1.82, 2.24) is 9.47 Å².